The molecule has 0 bridgehead atoms. The number of benzene rings is 1. The lowest BCUT2D eigenvalue weighted by molar-refractivity contribution is 0.949. The van der Waals surface area contributed by atoms with Crippen LogP contribution in [0.3, 0.4) is 0 Å². The molecular formula is C14H17N3S. The Morgan fingerprint density at radius 2 is 2.17 bits per heavy atom. The lowest BCUT2D eigenvalue weighted by Crippen LogP contribution is -2.17. The molecule has 0 amide bonds. The van der Waals surface area contributed by atoms with E-state index < -0.39 is 0 Å². The van der Waals surface area contributed by atoms with Crippen molar-refractivity contribution in [2.45, 2.75) is 19.4 Å². The van der Waals surface area contributed by atoms with Crippen LogP contribution in [0.15, 0.2) is 35.8 Å². The lowest BCUT2D eigenvalue weighted by Gasteiger charge is -2.18. The fourth-order valence-electron chi connectivity index (χ4n) is 2.33. The van der Waals surface area contributed by atoms with E-state index in [0.29, 0.717) is 0 Å². The Hall–Kier alpha value is -1.55. The van der Waals surface area contributed by atoms with Gasteiger partial charge in [-0.25, -0.2) is 4.98 Å². The minimum Gasteiger partial charge on any atom is -0.372 e. The first-order chi connectivity index (χ1) is 8.92. The molecule has 3 nitrogen and oxygen atoms in total. The van der Waals surface area contributed by atoms with Crippen LogP contribution in [0.25, 0.3) is 0 Å². The topological polar surface area (TPSA) is 28.2 Å². The van der Waals surface area contributed by atoms with Crippen LogP contribution < -0.4 is 10.2 Å². The van der Waals surface area contributed by atoms with Gasteiger partial charge in [-0.15, -0.1) is 11.3 Å². The van der Waals surface area contributed by atoms with Crippen LogP contribution in [0.5, 0.6) is 0 Å². The zero-order valence-corrected chi connectivity index (χ0v) is 11.1. The van der Waals surface area contributed by atoms with Crippen LogP contribution in [0.4, 0.5) is 10.8 Å². The Labute approximate surface area is 111 Å². The molecule has 1 aromatic heterocycles. The molecule has 0 saturated carbocycles. The summed E-state index contributed by atoms with van der Waals surface area (Å²) < 4.78 is 0. The summed E-state index contributed by atoms with van der Waals surface area (Å²) in [6.07, 6.45) is 4.47. The summed E-state index contributed by atoms with van der Waals surface area (Å²) in [7, 11) is 0. The number of aromatic nitrogens is 1. The average molecular weight is 259 g/mol. The third-order valence-electron chi connectivity index (χ3n) is 3.26. The van der Waals surface area contributed by atoms with Crippen molar-refractivity contribution in [2.75, 3.05) is 23.3 Å². The van der Waals surface area contributed by atoms with Crippen molar-refractivity contribution in [1.29, 1.82) is 0 Å². The fraction of sp³-hybridized carbons (Fsp3) is 0.357. The number of rotatable bonds is 4. The van der Waals surface area contributed by atoms with Gasteiger partial charge in [0, 0.05) is 36.9 Å². The maximum Gasteiger partial charge on any atom is 0.182 e. The van der Waals surface area contributed by atoms with E-state index in [2.05, 4.69) is 39.5 Å². The first kappa shape index (κ1) is 11.5. The second-order valence-corrected chi connectivity index (χ2v) is 5.45. The third kappa shape index (κ3) is 2.64. The zero-order chi connectivity index (χ0) is 12.2. The van der Waals surface area contributed by atoms with Gasteiger partial charge < -0.3 is 10.2 Å². The molecule has 18 heavy (non-hydrogen) atoms. The molecule has 0 spiro atoms. The molecule has 1 aliphatic rings. The van der Waals surface area contributed by atoms with Crippen molar-refractivity contribution in [2.24, 2.45) is 0 Å². The van der Waals surface area contributed by atoms with E-state index in [1.807, 2.05) is 11.6 Å². The zero-order valence-electron chi connectivity index (χ0n) is 10.3. The summed E-state index contributed by atoms with van der Waals surface area (Å²) in [5.41, 5.74) is 2.67. The summed E-state index contributed by atoms with van der Waals surface area (Å²) in [6.45, 7) is 3.24. The van der Waals surface area contributed by atoms with E-state index in [-0.39, 0.29) is 0 Å². The molecule has 1 aromatic carbocycles. The molecular weight excluding hydrogens is 242 g/mol. The van der Waals surface area contributed by atoms with Gasteiger partial charge in [0.05, 0.1) is 0 Å². The second-order valence-electron chi connectivity index (χ2n) is 4.55. The summed E-state index contributed by atoms with van der Waals surface area (Å²) in [4.78, 5) is 6.69. The Balaban J connectivity index is 1.66. The summed E-state index contributed by atoms with van der Waals surface area (Å²) in [5.74, 6) is 0. The Morgan fingerprint density at radius 3 is 2.94 bits per heavy atom. The fourth-order valence-corrected chi connectivity index (χ4v) is 2.85. The summed E-state index contributed by atoms with van der Waals surface area (Å²) in [5, 5.41) is 6.32. The van der Waals surface area contributed by atoms with Crippen LogP contribution in [-0.4, -0.2) is 18.1 Å². The highest BCUT2D eigenvalue weighted by Gasteiger charge is 2.12. The highest BCUT2D eigenvalue weighted by molar-refractivity contribution is 7.13. The van der Waals surface area contributed by atoms with Crippen LogP contribution in [-0.2, 0) is 6.54 Å². The Bertz CT molecular complexity index is 490. The first-order valence-corrected chi connectivity index (χ1v) is 7.27. The highest BCUT2D eigenvalue weighted by atomic mass is 32.1. The molecule has 1 fully saturated rings. The standard InChI is InChI=1S/C14H17N3S/c1-2-8-17(7-1)13-5-3-4-12(10-13)11-16-14-15-6-9-18-14/h3-6,9-10H,1-2,7-8,11H2,(H,15,16). The van der Waals surface area contributed by atoms with Gasteiger partial charge in [-0.1, -0.05) is 12.1 Å². The van der Waals surface area contributed by atoms with E-state index in [1.54, 1.807) is 11.3 Å². The second kappa shape index (κ2) is 5.40. The van der Waals surface area contributed by atoms with Crippen LogP contribution in [0, 0.1) is 0 Å². The maximum absolute atomic E-state index is 4.23. The Morgan fingerprint density at radius 1 is 1.28 bits per heavy atom. The van der Waals surface area contributed by atoms with Crippen molar-refractivity contribution >= 4 is 22.2 Å². The highest BCUT2D eigenvalue weighted by Crippen LogP contribution is 2.21. The largest absolute Gasteiger partial charge is 0.372 e. The van der Waals surface area contributed by atoms with Crippen molar-refractivity contribution in [1.82, 2.24) is 4.98 Å². The average Bonchev–Trinajstić information content (AvgIpc) is 3.10. The molecule has 1 saturated heterocycles. The first-order valence-electron chi connectivity index (χ1n) is 6.39. The monoisotopic (exact) mass is 259 g/mol. The van der Waals surface area contributed by atoms with Gasteiger partial charge in [-0.3, -0.25) is 0 Å². The van der Waals surface area contributed by atoms with E-state index in [0.717, 1.165) is 11.7 Å². The minimum absolute atomic E-state index is 0.842. The molecule has 4 heteroatoms. The molecule has 94 valence electrons. The van der Waals surface area contributed by atoms with E-state index >= 15 is 0 Å². The molecule has 0 atom stereocenters. The normalized spacial score (nSPS) is 15.0. The summed E-state index contributed by atoms with van der Waals surface area (Å²) in [6, 6.07) is 8.80. The number of nitrogens with zero attached hydrogens (tertiary/aromatic N) is 2. The van der Waals surface area contributed by atoms with Crippen molar-refractivity contribution < 1.29 is 0 Å². The van der Waals surface area contributed by atoms with Crippen molar-refractivity contribution in [3.8, 4) is 0 Å². The quantitative estimate of drug-likeness (QED) is 0.912. The molecule has 2 aromatic rings. The lowest BCUT2D eigenvalue weighted by atomic mass is 10.2. The van der Waals surface area contributed by atoms with Gasteiger partial charge in [-0.05, 0) is 30.5 Å². The van der Waals surface area contributed by atoms with Gasteiger partial charge in [0.15, 0.2) is 5.13 Å². The minimum atomic E-state index is 0.842. The molecule has 2 heterocycles. The number of thiazole rings is 1. The predicted octanol–water partition coefficient (Wildman–Crippen LogP) is 3.36. The molecule has 0 aliphatic carbocycles. The number of hydrogen-bond donors (Lipinski definition) is 1. The molecule has 0 radical (unpaired) electrons. The van der Waals surface area contributed by atoms with E-state index in [1.165, 1.54) is 37.2 Å². The van der Waals surface area contributed by atoms with E-state index in [4.69, 9.17) is 0 Å². The summed E-state index contributed by atoms with van der Waals surface area (Å²) >= 11 is 1.64. The maximum atomic E-state index is 4.23. The number of hydrogen-bond acceptors (Lipinski definition) is 4. The van der Waals surface area contributed by atoms with Gasteiger partial charge >= 0.3 is 0 Å². The van der Waals surface area contributed by atoms with Crippen LogP contribution in [0.1, 0.15) is 18.4 Å². The van der Waals surface area contributed by atoms with Crippen molar-refractivity contribution in [3.05, 3.63) is 41.4 Å². The van der Waals surface area contributed by atoms with Crippen LogP contribution in [0.2, 0.25) is 0 Å². The number of anilines is 2. The Kier molecular flexibility index (Phi) is 3.46. The molecule has 1 aliphatic heterocycles. The molecule has 3 rings (SSSR count). The molecule has 0 unspecified atom stereocenters. The van der Waals surface area contributed by atoms with Crippen molar-refractivity contribution in [3.63, 3.8) is 0 Å². The van der Waals surface area contributed by atoms with Crippen LogP contribution >= 0.6 is 11.3 Å². The third-order valence-corrected chi connectivity index (χ3v) is 3.99. The van der Waals surface area contributed by atoms with Gasteiger partial charge in [0.25, 0.3) is 0 Å². The van der Waals surface area contributed by atoms with Gasteiger partial charge in [0.1, 0.15) is 0 Å². The van der Waals surface area contributed by atoms with Gasteiger partial charge in [-0.2, -0.15) is 0 Å². The van der Waals surface area contributed by atoms with Gasteiger partial charge in [0.2, 0.25) is 0 Å². The molecule has 1 N–H and O–H groups in total. The smallest absolute Gasteiger partial charge is 0.182 e. The number of nitrogens with one attached hydrogen (secondary N) is 1. The van der Waals surface area contributed by atoms with E-state index in [9.17, 15) is 0 Å². The predicted molar refractivity (Wildman–Crippen MR) is 77.3 cm³/mol. The SMILES string of the molecule is c1cc(CNc2nccs2)cc(N2CCCC2)c1.